The third-order valence-electron chi connectivity index (χ3n) is 3.01. The summed E-state index contributed by atoms with van der Waals surface area (Å²) in [7, 11) is 0. The van der Waals surface area contributed by atoms with Gasteiger partial charge in [-0.05, 0) is 17.4 Å². The molecule has 0 aliphatic heterocycles. The first-order valence-corrected chi connectivity index (χ1v) is 7.02. The van der Waals surface area contributed by atoms with Crippen molar-refractivity contribution in [3.8, 4) is 0 Å². The second-order valence-electron chi connectivity index (χ2n) is 6.48. The monoisotopic (exact) mass is 292 g/mol. The lowest BCUT2D eigenvalue weighted by Crippen LogP contribution is -2.38. The summed E-state index contributed by atoms with van der Waals surface area (Å²) in [6.07, 6.45) is 0.817. The predicted molar refractivity (Wildman–Crippen MR) is 81.6 cm³/mol. The molecule has 4 N–H and O–H groups in total. The average molecular weight is 292 g/mol. The number of carbonyl (C=O) groups excluding carboxylic acids is 1. The Labute approximate surface area is 125 Å². The third kappa shape index (κ3) is 6.40. The number of benzene rings is 1. The summed E-state index contributed by atoms with van der Waals surface area (Å²) in [4.78, 5) is 23.3. The Kier molecular flexibility index (Phi) is 5.90. The Hall–Kier alpha value is -1.88. The Bertz CT molecular complexity index is 480. The number of nitrogens with one attached hydrogen (secondary N) is 1. The fraction of sp³-hybridized carbons (Fsp3) is 0.500. The van der Waals surface area contributed by atoms with Gasteiger partial charge in [-0.1, -0.05) is 51.1 Å². The number of nitrogens with two attached hydrogens (primary N) is 1. The second-order valence-corrected chi connectivity index (χ2v) is 6.48. The van der Waals surface area contributed by atoms with E-state index >= 15 is 0 Å². The minimum Gasteiger partial charge on any atom is -0.479 e. The summed E-state index contributed by atoms with van der Waals surface area (Å²) in [5.74, 6) is -1.43. The van der Waals surface area contributed by atoms with Crippen LogP contribution in [0.1, 0.15) is 45.2 Å². The van der Waals surface area contributed by atoms with E-state index in [1.807, 2.05) is 0 Å². The molecule has 0 bridgehead atoms. The molecular formula is C16H24N2O3. The molecule has 0 saturated carbocycles. The zero-order chi connectivity index (χ0) is 16.0. The smallest absolute Gasteiger partial charge is 0.330 e. The summed E-state index contributed by atoms with van der Waals surface area (Å²) in [5, 5.41) is 11.8. The van der Waals surface area contributed by atoms with E-state index < -0.39 is 12.0 Å². The fourth-order valence-electron chi connectivity index (χ4n) is 2.25. The van der Waals surface area contributed by atoms with E-state index in [0.717, 1.165) is 0 Å². The number of rotatable bonds is 6. The molecule has 0 saturated heterocycles. The van der Waals surface area contributed by atoms with Gasteiger partial charge in [0.25, 0.3) is 0 Å². The molecule has 5 nitrogen and oxygen atoms in total. The van der Waals surface area contributed by atoms with Crippen molar-refractivity contribution in [2.75, 3.05) is 0 Å². The Morgan fingerprint density at radius 2 is 1.81 bits per heavy atom. The molecular weight excluding hydrogens is 268 g/mol. The predicted octanol–water partition coefficient (Wildman–Crippen LogP) is 2.08. The molecule has 1 amide bonds. The van der Waals surface area contributed by atoms with Gasteiger partial charge >= 0.3 is 5.97 Å². The van der Waals surface area contributed by atoms with Crippen LogP contribution in [0.25, 0.3) is 0 Å². The maximum absolute atomic E-state index is 12.0. The molecule has 116 valence electrons. The Balaban J connectivity index is 2.64. The summed E-state index contributed by atoms with van der Waals surface area (Å²) < 4.78 is 0. The van der Waals surface area contributed by atoms with Crippen LogP contribution in [0, 0.1) is 5.41 Å². The van der Waals surface area contributed by atoms with E-state index in [9.17, 15) is 14.7 Å². The summed E-state index contributed by atoms with van der Waals surface area (Å²) in [5.41, 5.74) is 6.52. The molecule has 0 aromatic heterocycles. The van der Waals surface area contributed by atoms with Crippen molar-refractivity contribution >= 4 is 11.9 Å². The van der Waals surface area contributed by atoms with Crippen LogP contribution in [-0.4, -0.2) is 23.0 Å². The highest BCUT2D eigenvalue weighted by atomic mass is 16.4. The Morgan fingerprint density at radius 1 is 1.24 bits per heavy atom. The molecule has 1 unspecified atom stereocenters. The maximum Gasteiger partial charge on any atom is 0.330 e. The van der Waals surface area contributed by atoms with E-state index in [4.69, 9.17) is 5.73 Å². The first kappa shape index (κ1) is 17.2. The van der Waals surface area contributed by atoms with E-state index in [1.54, 1.807) is 30.3 Å². The summed E-state index contributed by atoms with van der Waals surface area (Å²) >= 11 is 0. The van der Waals surface area contributed by atoms with Crippen LogP contribution < -0.4 is 11.1 Å². The molecule has 0 heterocycles. The molecule has 5 heteroatoms. The minimum atomic E-state index is -1.08. The van der Waals surface area contributed by atoms with Crippen molar-refractivity contribution in [2.45, 2.75) is 45.7 Å². The summed E-state index contributed by atoms with van der Waals surface area (Å²) in [6, 6.07) is 7.30. The molecule has 21 heavy (non-hydrogen) atoms. The fourth-order valence-corrected chi connectivity index (χ4v) is 2.25. The molecule has 0 radical (unpaired) electrons. The maximum atomic E-state index is 12.0. The number of amides is 1. The molecule has 1 rings (SSSR count). The van der Waals surface area contributed by atoms with E-state index in [2.05, 4.69) is 26.1 Å². The van der Waals surface area contributed by atoms with Crippen LogP contribution in [0.15, 0.2) is 30.3 Å². The molecule has 0 fully saturated rings. The summed E-state index contributed by atoms with van der Waals surface area (Å²) in [6.45, 7) is 6.15. The first-order valence-electron chi connectivity index (χ1n) is 7.02. The van der Waals surface area contributed by atoms with E-state index in [1.165, 1.54) is 0 Å². The number of aliphatic carboxylic acids is 1. The Morgan fingerprint density at radius 3 is 2.29 bits per heavy atom. The lowest BCUT2D eigenvalue weighted by molar-refractivity contribution is -0.142. The zero-order valence-corrected chi connectivity index (χ0v) is 12.8. The van der Waals surface area contributed by atoms with Gasteiger partial charge in [-0.3, -0.25) is 4.79 Å². The van der Waals surface area contributed by atoms with E-state index in [0.29, 0.717) is 12.0 Å². The highest BCUT2D eigenvalue weighted by Gasteiger charge is 2.24. The van der Waals surface area contributed by atoms with Gasteiger partial charge in [0.2, 0.25) is 5.91 Å². The zero-order valence-electron chi connectivity index (χ0n) is 12.8. The van der Waals surface area contributed by atoms with Gasteiger partial charge < -0.3 is 16.2 Å². The molecule has 1 aromatic rings. The minimum absolute atomic E-state index is 0.0331. The highest BCUT2D eigenvalue weighted by Crippen LogP contribution is 2.21. The van der Waals surface area contributed by atoms with Crippen LogP contribution in [0.2, 0.25) is 0 Å². The van der Waals surface area contributed by atoms with Crippen molar-refractivity contribution in [1.82, 2.24) is 5.32 Å². The quantitative estimate of drug-likeness (QED) is 0.748. The van der Waals surface area contributed by atoms with Gasteiger partial charge in [-0.2, -0.15) is 0 Å². The van der Waals surface area contributed by atoms with Crippen molar-refractivity contribution in [2.24, 2.45) is 11.1 Å². The van der Waals surface area contributed by atoms with Crippen molar-refractivity contribution in [3.05, 3.63) is 35.9 Å². The van der Waals surface area contributed by atoms with Gasteiger partial charge in [-0.25, -0.2) is 4.79 Å². The van der Waals surface area contributed by atoms with Crippen molar-refractivity contribution < 1.29 is 14.7 Å². The largest absolute Gasteiger partial charge is 0.479 e. The first-order chi connectivity index (χ1) is 9.69. The molecule has 1 aromatic carbocycles. The third-order valence-corrected chi connectivity index (χ3v) is 3.01. The molecule has 2 atom stereocenters. The van der Waals surface area contributed by atoms with Crippen molar-refractivity contribution in [3.63, 3.8) is 0 Å². The second kappa shape index (κ2) is 7.22. The van der Waals surface area contributed by atoms with Gasteiger partial charge in [-0.15, -0.1) is 0 Å². The van der Waals surface area contributed by atoms with Crippen LogP contribution >= 0.6 is 0 Å². The lowest BCUT2D eigenvalue weighted by atomic mass is 9.87. The molecule has 0 aliphatic carbocycles. The number of hydrogen-bond donors (Lipinski definition) is 3. The number of carbonyl (C=O) groups is 2. The van der Waals surface area contributed by atoms with Crippen molar-refractivity contribution in [1.29, 1.82) is 0 Å². The topological polar surface area (TPSA) is 92.4 Å². The highest BCUT2D eigenvalue weighted by molar-refractivity contribution is 5.84. The lowest BCUT2D eigenvalue weighted by Gasteiger charge is -2.23. The van der Waals surface area contributed by atoms with Crippen LogP contribution in [0.4, 0.5) is 0 Å². The number of carboxylic acid groups (broad SMARTS) is 1. The van der Waals surface area contributed by atoms with Gasteiger partial charge in [0.15, 0.2) is 6.04 Å². The molecule has 0 spiro atoms. The number of carboxylic acids is 1. The standard InChI is InChI=1S/C16H24N2O3/c1-16(2,3)10-12(17)9-13(19)18-14(15(20)21)11-7-5-4-6-8-11/h4-8,12,14H,9-10,17H2,1-3H3,(H,18,19)(H,20,21)/t12?,14-/m0/s1. The van der Waals surface area contributed by atoms with Crippen LogP contribution in [0.5, 0.6) is 0 Å². The molecule has 0 aliphatic rings. The number of hydrogen-bond acceptors (Lipinski definition) is 3. The van der Waals surface area contributed by atoms with Gasteiger partial charge in [0, 0.05) is 12.5 Å². The van der Waals surface area contributed by atoms with Gasteiger partial charge in [0.1, 0.15) is 0 Å². The van der Waals surface area contributed by atoms with Gasteiger partial charge in [0.05, 0.1) is 0 Å². The van der Waals surface area contributed by atoms with E-state index in [-0.39, 0.29) is 23.8 Å². The SMILES string of the molecule is CC(C)(C)CC(N)CC(=O)N[C@H](C(=O)O)c1ccccc1. The normalized spacial score (nSPS) is 14.3. The average Bonchev–Trinajstić information content (AvgIpc) is 2.34. The van der Waals surface area contributed by atoms with Crippen LogP contribution in [0.3, 0.4) is 0 Å². The van der Waals surface area contributed by atoms with Crippen LogP contribution in [-0.2, 0) is 9.59 Å².